The van der Waals surface area contributed by atoms with Crippen LogP contribution < -0.4 is 29.3 Å². The number of esters is 1. The Morgan fingerprint density at radius 3 is 2.52 bits per heavy atom. The maximum Gasteiger partial charge on any atom is 0.338 e. The minimum atomic E-state index is -0.744. The molecule has 0 radical (unpaired) electrons. The second kappa shape index (κ2) is 11.2. The zero-order valence-electron chi connectivity index (χ0n) is 23.8. The molecule has 2 aliphatic rings. The average molecular weight is 600 g/mol. The third-order valence-electron chi connectivity index (χ3n) is 7.33. The average Bonchev–Trinajstić information content (AvgIpc) is 3.29. The van der Waals surface area contributed by atoms with E-state index in [9.17, 15) is 9.59 Å². The van der Waals surface area contributed by atoms with Gasteiger partial charge in [-0.2, -0.15) is 0 Å². The molecule has 8 nitrogen and oxygen atoms in total. The lowest BCUT2D eigenvalue weighted by Crippen LogP contribution is -2.40. The third-order valence-corrected chi connectivity index (χ3v) is 9.42. The number of nitrogens with zero attached hydrogens (tertiary/aromatic N) is 3. The van der Waals surface area contributed by atoms with E-state index in [2.05, 4.69) is 41.2 Å². The molecule has 1 aromatic heterocycles. The van der Waals surface area contributed by atoms with E-state index >= 15 is 0 Å². The first kappa shape index (κ1) is 27.9. The molecule has 0 N–H and O–H groups in total. The van der Waals surface area contributed by atoms with Crippen LogP contribution in [-0.4, -0.2) is 38.4 Å². The summed E-state index contributed by atoms with van der Waals surface area (Å²) >= 11 is 3.01. The van der Waals surface area contributed by atoms with E-state index in [-0.39, 0.29) is 12.2 Å². The Morgan fingerprint density at radius 1 is 1.00 bits per heavy atom. The Labute approximate surface area is 251 Å². The number of rotatable bonds is 6. The summed E-state index contributed by atoms with van der Waals surface area (Å²) in [5, 5.41) is 0. The summed E-state index contributed by atoms with van der Waals surface area (Å²) in [5.74, 6) is 0.530. The molecule has 0 saturated heterocycles. The zero-order valence-corrected chi connectivity index (χ0v) is 25.5. The Hall–Kier alpha value is -4.28. The van der Waals surface area contributed by atoms with Gasteiger partial charge in [0.05, 0.1) is 54.0 Å². The minimum Gasteiger partial charge on any atom is -0.493 e. The number of fused-ring (bicyclic) bond motifs is 3. The SMILES string of the molecule is CCOC(=O)C1=C(C)N=c2s/c(=C/c3ccc4c(c3)Sc3ccccc3N4C)c(=O)n2[C@@H]1c1ccc(OC)c(OC)c1. The Morgan fingerprint density at radius 2 is 1.76 bits per heavy atom. The maximum atomic E-state index is 14.1. The number of anilines is 2. The van der Waals surface area contributed by atoms with Gasteiger partial charge in [-0.1, -0.05) is 47.4 Å². The minimum absolute atomic E-state index is 0.203. The van der Waals surface area contributed by atoms with Crippen LogP contribution in [0, 0.1) is 0 Å². The van der Waals surface area contributed by atoms with Crippen LogP contribution in [0.3, 0.4) is 0 Å². The van der Waals surface area contributed by atoms with Gasteiger partial charge >= 0.3 is 5.97 Å². The number of carbonyl (C=O) groups excluding carboxylic acids is 1. The fourth-order valence-corrected chi connectivity index (χ4v) is 7.57. The number of para-hydroxylation sites is 1. The number of thiazole rings is 1. The number of carbonyl (C=O) groups is 1. The highest BCUT2D eigenvalue weighted by Crippen LogP contribution is 2.47. The van der Waals surface area contributed by atoms with Crippen LogP contribution >= 0.6 is 23.1 Å². The molecule has 0 fully saturated rings. The lowest BCUT2D eigenvalue weighted by molar-refractivity contribution is -0.139. The Kier molecular flexibility index (Phi) is 7.42. The maximum absolute atomic E-state index is 14.1. The molecule has 0 bridgehead atoms. The van der Waals surface area contributed by atoms with Gasteiger partial charge in [0.15, 0.2) is 16.3 Å². The number of ether oxygens (including phenoxy) is 3. The molecule has 2 aliphatic heterocycles. The van der Waals surface area contributed by atoms with E-state index in [1.165, 1.54) is 21.9 Å². The van der Waals surface area contributed by atoms with Gasteiger partial charge in [-0.25, -0.2) is 9.79 Å². The first-order chi connectivity index (χ1) is 20.3. The predicted octanol–water partition coefficient (Wildman–Crippen LogP) is 5.05. The smallest absolute Gasteiger partial charge is 0.338 e. The highest BCUT2D eigenvalue weighted by Gasteiger charge is 2.34. The van der Waals surface area contributed by atoms with Crippen LogP contribution in [0.25, 0.3) is 6.08 Å². The number of aromatic nitrogens is 1. The molecule has 6 rings (SSSR count). The van der Waals surface area contributed by atoms with Crippen LogP contribution in [0.1, 0.15) is 31.0 Å². The number of hydrogen-bond acceptors (Lipinski definition) is 9. The van der Waals surface area contributed by atoms with Crippen LogP contribution in [-0.2, 0) is 9.53 Å². The fraction of sp³-hybridized carbons (Fsp3) is 0.219. The Bertz CT molecular complexity index is 1940. The molecular formula is C32H29N3O5S2. The van der Waals surface area contributed by atoms with Crippen molar-refractivity contribution in [2.24, 2.45) is 4.99 Å². The summed E-state index contributed by atoms with van der Waals surface area (Å²) in [6, 6.07) is 19.1. The summed E-state index contributed by atoms with van der Waals surface area (Å²) < 4.78 is 18.5. The molecule has 0 unspecified atom stereocenters. The van der Waals surface area contributed by atoms with Crippen LogP contribution in [0.2, 0.25) is 0 Å². The van der Waals surface area contributed by atoms with E-state index in [0.29, 0.717) is 37.7 Å². The fourth-order valence-electron chi connectivity index (χ4n) is 5.33. The van der Waals surface area contributed by atoms with Crippen LogP contribution in [0.4, 0.5) is 11.4 Å². The molecule has 42 heavy (non-hydrogen) atoms. The summed E-state index contributed by atoms with van der Waals surface area (Å²) in [4.78, 5) is 36.9. The predicted molar refractivity (Wildman–Crippen MR) is 165 cm³/mol. The first-order valence-electron chi connectivity index (χ1n) is 13.4. The quantitative estimate of drug-likeness (QED) is 0.287. The van der Waals surface area contributed by atoms with Gasteiger partial charge in [0, 0.05) is 16.8 Å². The van der Waals surface area contributed by atoms with Crippen LogP contribution in [0.5, 0.6) is 11.5 Å². The molecule has 0 amide bonds. The van der Waals surface area contributed by atoms with E-state index in [1.54, 1.807) is 56.5 Å². The van der Waals surface area contributed by atoms with Crippen LogP contribution in [0.15, 0.2) is 91.5 Å². The van der Waals surface area contributed by atoms with Gasteiger partial charge in [0.2, 0.25) is 0 Å². The standard InChI is InChI=1S/C32H29N3O5S2/c1-6-40-31(37)28-18(2)33-32-35(29(28)20-12-14-23(38-4)24(17-20)39-5)30(36)27(42-32)16-19-11-13-22-26(15-19)41-25-10-8-7-9-21(25)34(22)3/h7-17,29H,6H2,1-5H3/b27-16+/t29-/m1/s1. The second-order valence-electron chi connectivity index (χ2n) is 9.77. The summed E-state index contributed by atoms with van der Waals surface area (Å²) in [6.07, 6.45) is 1.89. The molecule has 0 spiro atoms. The Balaban J connectivity index is 1.48. The number of methoxy groups -OCH3 is 2. The van der Waals surface area contributed by atoms with E-state index in [1.807, 2.05) is 30.3 Å². The van der Waals surface area contributed by atoms with Gasteiger partial charge in [-0.3, -0.25) is 9.36 Å². The normalized spacial score (nSPS) is 15.9. The van der Waals surface area contributed by atoms with Crippen molar-refractivity contribution in [2.75, 3.05) is 32.8 Å². The molecule has 214 valence electrons. The molecule has 10 heteroatoms. The second-order valence-corrected chi connectivity index (χ2v) is 11.9. The molecule has 1 atom stereocenters. The van der Waals surface area contributed by atoms with E-state index < -0.39 is 12.0 Å². The first-order valence-corrected chi connectivity index (χ1v) is 15.0. The molecule has 3 heterocycles. The van der Waals surface area contributed by atoms with E-state index in [4.69, 9.17) is 14.2 Å². The highest BCUT2D eigenvalue weighted by molar-refractivity contribution is 7.99. The lowest BCUT2D eigenvalue weighted by atomic mass is 9.95. The molecular weight excluding hydrogens is 571 g/mol. The van der Waals surface area contributed by atoms with Crippen molar-refractivity contribution < 1.29 is 19.0 Å². The zero-order chi connectivity index (χ0) is 29.5. The summed E-state index contributed by atoms with van der Waals surface area (Å²) in [5.41, 5.74) is 4.45. The van der Waals surface area contributed by atoms with E-state index in [0.717, 1.165) is 16.1 Å². The summed E-state index contributed by atoms with van der Waals surface area (Å²) in [7, 11) is 5.17. The largest absolute Gasteiger partial charge is 0.493 e. The molecule has 4 aromatic rings. The monoisotopic (exact) mass is 599 g/mol. The van der Waals surface area contributed by atoms with Crippen molar-refractivity contribution in [3.8, 4) is 11.5 Å². The van der Waals surface area contributed by atoms with Crippen molar-refractivity contribution in [3.63, 3.8) is 0 Å². The van der Waals surface area contributed by atoms with Crippen molar-refractivity contribution in [1.82, 2.24) is 4.57 Å². The number of allylic oxidation sites excluding steroid dienone is 1. The van der Waals surface area contributed by atoms with Gasteiger partial charge in [-0.05, 0) is 67.4 Å². The van der Waals surface area contributed by atoms with Crippen molar-refractivity contribution >= 4 is 46.5 Å². The van der Waals surface area contributed by atoms with Crippen molar-refractivity contribution in [2.45, 2.75) is 29.7 Å². The van der Waals surface area contributed by atoms with Gasteiger partial charge in [-0.15, -0.1) is 0 Å². The van der Waals surface area contributed by atoms with Crippen molar-refractivity contribution in [1.29, 1.82) is 0 Å². The van der Waals surface area contributed by atoms with Gasteiger partial charge in [0.1, 0.15) is 0 Å². The highest BCUT2D eigenvalue weighted by atomic mass is 32.2. The van der Waals surface area contributed by atoms with Crippen molar-refractivity contribution in [3.05, 3.63) is 103 Å². The third kappa shape index (κ3) is 4.70. The number of benzene rings is 3. The number of hydrogen-bond donors (Lipinski definition) is 0. The summed E-state index contributed by atoms with van der Waals surface area (Å²) in [6.45, 7) is 3.72. The topological polar surface area (TPSA) is 82.4 Å². The molecule has 0 aliphatic carbocycles. The molecule has 0 saturated carbocycles. The van der Waals surface area contributed by atoms with Gasteiger partial charge in [0.25, 0.3) is 5.56 Å². The molecule has 3 aromatic carbocycles. The lowest BCUT2D eigenvalue weighted by Gasteiger charge is -2.29. The van der Waals surface area contributed by atoms with Gasteiger partial charge < -0.3 is 19.1 Å².